The van der Waals surface area contributed by atoms with E-state index in [1.54, 1.807) is 0 Å². The quantitative estimate of drug-likeness (QED) is 0.606. The van der Waals surface area contributed by atoms with Gasteiger partial charge in [-0.2, -0.15) is 0 Å². The first kappa shape index (κ1) is 22.0. The molecule has 0 radical (unpaired) electrons. The minimum absolute atomic E-state index is 0.00460. The smallest absolute Gasteiger partial charge is 0.332 e. The summed E-state index contributed by atoms with van der Waals surface area (Å²) in [5.74, 6) is -0.454. The van der Waals surface area contributed by atoms with Crippen LogP contribution in [0.15, 0.2) is 45.9 Å². The van der Waals surface area contributed by atoms with Crippen LogP contribution in [0.2, 0.25) is 0 Å². The highest BCUT2D eigenvalue weighted by atomic mass is 32.1. The van der Waals surface area contributed by atoms with Gasteiger partial charge in [0.25, 0.3) is 5.56 Å². The Labute approximate surface area is 183 Å². The average Bonchev–Trinajstić information content (AvgIpc) is 3.19. The van der Waals surface area contributed by atoms with Crippen LogP contribution in [0.3, 0.4) is 0 Å². The lowest BCUT2D eigenvalue weighted by molar-refractivity contribution is -0.114. The van der Waals surface area contributed by atoms with Crippen molar-refractivity contribution in [1.29, 1.82) is 0 Å². The van der Waals surface area contributed by atoms with Crippen molar-refractivity contribution in [3.8, 4) is 11.3 Å². The molecule has 0 aliphatic heterocycles. The minimum Gasteiger partial charge on any atom is -0.383 e. The second-order valence-electron chi connectivity index (χ2n) is 7.15. The number of aryl methyl sites for hydroxylation is 2. The van der Waals surface area contributed by atoms with Crippen LogP contribution >= 0.6 is 11.3 Å². The molecule has 0 bridgehead atoms. The van der Waals surface area contributed by atoms with E-state index in [0.29, 0.717) is 5.13 Å². The van der Waals surface area contributed by atoms with E-state index in [1.165, 1.54) is 36.5 Å². The molecule has 1 aromatic carbocycles. The number of nitrogens with one attached hydrogen (secondary N) is 1. The summed E-state index contributed by atoms with van der Waals surface area (Å²) in [4.78, 5) is 43.0. The Hall–Kier alpha value is -3.66. The number of aromatic nitrogens is 3. The third-order valence-corrected chi connectivity index (χ3v) is 5.68. The maximum atomic E-state index is 12.6. The number of rotatable bonds is 6. The van der Waals surface area contributed by atoms with Crippen molar-refractivity contribution < 1.29 is 4.79 Å². The lowest BCUT2D eigenvalue weighted by atomic mass is 10.0. The van der Waals surface area contributed by atoms with Gasteiger partial charge in [-0.05, 0) is 31.7 Å². The minimum atomic E-state index is -0.611. The lowest BCUT2D eigenvalue weighted by Gasteiger charge is -2.21. The number of hydrogen-bond donors (Lipinski definition) is 2. The molecule has 9 nitrogen and oxygen atoms in total. The molecule has 0 unspecified atom stereocenters. The molecule has 3 N–H and O–H groups in total. The highest BCUT2D eigenvalue weighted by Gasteiger charge is 2.20. The number of amides is 1. The van der Waals surface area contributed by atoms with Gasteiger partial charge in [0.15, 0.2) is 5.13 Å². The van der Waals surface area contributed by atoms with Crippen LogP contribution in [0.25, 0.3) is 11.3 Å². The van der Waals surface area contributed by atoms with E-state index in [0.717, 1.165) is 31.5 Å². The molecule has 0 saturated heterocycles. The third kappa shape index (κ3) is 4.29. The van der Waals surface area contributed by atoms with Gasteiger partial charge >= 0.3 is 5.69 Å². The fourth-order valence-electron chi connectivity index (χ4n) is 3.13. The van der Waals surface area contributed by atoms with E-state index in [2.05, 4.69) is 16.9 Å². The molecule has 0 atom stereocenters. The number of nitrogens with zero attached hydrogens (tertiary/aromatic N) is 4. The number of thiazole rings is 1. The molecule has 0 spiro atoms. The van der Waals surface area contributed by atoms with Crippen molar-refractivity contribution in [2.24, 2.45) is 14.1 Å². The number of benzene rings is 1. The van der Waals surface area contributed by atoms with Gasteiger partial charge in [-0.15, -0.1) is 11.3 Å². The fourth-order valence-corrected chi connectivity index (χ4v) is 3.85. The normalized spacial score (nSPS) is 10.7. The topological polar surface area (TPSA) is 115 Å². The number of nitrogen functional groups attached to an aromatic ring is 1. The molecule has 2 heterocycles. The Morgan fingerprint density at radius 1 is 1.29 bits per heavy atom. The van der Waals surface area contributed by atoms with Crippen molar-refractivity contribution >= 4 is 33.9 Å². The van der Waals surface area contributed by atoms with E-state index in [4.69, 9.17) is 5.73 Å². The molecule has 0 aliphatic carbocycles. The molecule has 0 fully saturated rings. The summed E-state index contributed by atoms with van der Waals surface area (Å²) >= 11 is 1.31. The Bertz CT molecular complexity index is 1290. The highest BCUT2D eigenvalue weighted by Crippen LogP contribution is 2.28. The number of hydrogen-bond acceptors (Lipinski definition) is 7. The molecule has 31 heavy (non-hydrogen) atoms. The van der Waals surface area contributed by atoms with Crippen LogP contribution in [0.4, 0.5) is 16.6 Å². The van der Waals surface area contributed by atoms with E-state index < -0.39 is 17.2 Å². The van der Waals surface area contributed by atoms with Gasteiger partial charge in [0.1, 0.15) is 18.1 Å². The first-order chi connectivity index (χ1) is 14.6. The molecule has 1 amide bonds. The molecule has 162 valence electrons. The van der Waals surface area contributed by atoms with Crippen LogP contribution in [-0.2, 0) is 18.9 Å². The zero-order chi connectivity index (χ0) is 22.9. The zero-order valence-corrected chi connectivity index (χ0v) is 18.6. The molecule has 10 heteroatoms. The van der Waals surface area contributed by atoms with Crippen LogP contribution in [0.5, 0.6) is 0 Å². The Kier molecular flexibility index (Phi) is 6.11. The summed E-state index contributed by atoms with van der Waals surface area (Å²) in [5.41, 5.74) is 8.80. The fraction of sp³-hybridized carbons (Fsp3) is 0.238. The highest BCUT2D eigenvalue weighted by molar-refractivity contribution is 7.14. The van der Waals surface area contributed by atoms with Crippen molar-refractivity contribution in [1.82, 2.24) is 14.1 Å². The number of carbonyl (C=O) groups is 1. The largest absolute Gasteiger partial charge is 0.383 e. The molecule has 0 aliphatic rings. The molecule has 2 aromatic heterocycles. The maximum absolute atomic E-state index is 12.6. The van der Waals surface area contributed by atoms with E-state index in [1.807, 2.05) is 37.4 Å². The van der Waals surface area contributed by atoms with Crippen molar-refractivity contribution in [3.63, 3.8) is 0 Å². The van der Waals surface area contributed by atoms with Crippen LogP contribution < -0.4 is 27.2 Å². The standard InChI is InChI=1S/C21H24N6O3S/c1-6-27(17-18(22)25(4)21(30)26(5)19(17)29)10-16(28)24-20-23-15(11-31-20)14-9-12(2)7-8-13(14)3/h6-9,11H,1,10,22H2,2-5H3,(H,23,24,28). The molecular formula is C21H24N6O3S. The average molecular weight is 441 g/mol. The summed E-state index contributed by atoms with van der Waals surface area (Å²) in [6, 6.07) is 6.11. The predicted molar refractivity (Wildman–Crippen MR) is 125 cm³/mol. The molecule has 3 rings (SSSR count). The van der Waals surface area contributed by atoms with Gasteiger partial charge in [0.2, 0.25) is 5.91 Å². The Balaban J connectivity index is 1.82. The second-order valence-corrected chi connectivity index (χ2v) is 8.01. The lowest BCUT2D eigenvalue weighted by Crippen LogP contribution is -2.43. The van der Waals surface area contributed by atoms with Crippen LogP contribution in [0.1, 0.15) is 11.1 Å². The van der Waals surface area contributed by atoms with Gasteiger partial charge in [-0.25, -0.2) is 9.78 Å². The van der Waals surface area contributed by atoms with Gasteiger partial charge < -0.3 is 16.0 Å². The number of nitrogens with two attached hydrogens (primary N) is 1. The second kappa shape index (κ2) is 8.60. The Morgan fingerprint density at radius 3 is 2.68 bits per heavy atom. The molecular weight excluding hydrogens is 416 g/mol. The van der Waals surface area contributed by atoms with Crippen LogP contribution in [-0.4, -0.2) is 26.6 Å². The number of carbonyl (C=O) groups excluding carboxylic acids is 1. The zero-order valence-electron chi connectivity index (χ0n) is 17.8. The van der Waals surface area contributed by atoms with Gasteiger partial charge in [0.05, 0.1) is 5.69 Å². The predicted octanol–water partition coefficient (Wildman–Crippen LogP) is 2.00. The monoisotopic (exact) mass is 440 g/mol. The van der Waals surface area contributed by atoms with Crippen molar-refractivity contribution in [2.45, 2.75) is 13.8 Å². The van der Waals surface area contributed by atoms with Gasteiger partial charge in [0, 0.05) is 25.0 Å². The van der Waals surface area contributed by atoms with Crippen molar-refractivity contribution in [2.75, 3.05) is 22.5 Å². The molecule has 3 aromatic rings. The number of anilines is 3. The summed E-state index contributed by atoms with van der Waals surface area (Å²) in [5, 5.41) is 5.06. The van der Waals surface area contributed by atoms with Crippen LogP contribution in [0, 0.1) is 13.8 Å². The summed E-state index contributed by atoms with van der Waals surface area (Å²) in [6.07, 6.45) is 1.32. The summed E-state index contributed by atoms with van der Waals surface area (Å²) in [7, 11) is 2.80. The van der Waals surface area contributed by atoms with E-state index in [-0.39, 0.29) is 18.1 Å². The van der Waals surface area contributed by atoms with Gasteiger partial charge in [-0.1, -0.05) is 24.3 Å². The third-order valence-electron chi connectivity index (χ3n) is 4.93. The maximum Gasteiger partial charge on any atom is 0.332 e. The van der Waals surface area contributed by atoms with Crippen molar-refractivity contribution in [3.05, 3.63) is 68.3 Å². The summed E-state index contributed by atoms with van der Waals surface area (Å²) in [6.45, 7) is 7.46. The summed E-state index contributed by atoms with van der Waals surface area (Å²) < 4.78 is 2.07. The van der Waals surface area contributed by atoms with E-state index in [9.17, 15) is 14.4 Å². The first-order valence-corrected chi connectivity index (χ1v) is 10.3. The van der Waals surface area contributed by atoms with Gasteiger partial charge in [-0.3, -0.25) is 18.7 Å². The first-order valence-electron chi connectivity index (χ1n) is 9.41. The Morgan fingerprint density at radius 2 is 2.00 bits per heavy atom. The molecule has 0 saturated carbocycles. The SMILES string of the molecule is C=CN(CC(=O)Nc1nc(-c2cc(C)ccc2C)cs1)c1c(N)n(C)c(=O)n(C)c1=O. The van der Waals surface area contributed by atoms with E-state index >= 15 is 0 Å².